The van der Waals surface area contributed by atoms with Crippen LogP contribution in [-0.4, -0.2) is 51.2 Å². The third-order valence-corrected chi connectivity index (χ3v) is 9.74. The number of anilines is 1. The van der Waals surface area contributed by atoms with Gasteiger partial charge in [0, 0.05) is 28.7 Å². The number of carbonyl (C=O) groups is 1. The Bertz CT molecular complexity index is 1540. The van der Waals surface area contributed by atoms with Gasteiger partial charge in [0.25, 0.3) is 10.0 Å². The van der Waals surface area contributed by atoms with E-state index in [1.54, 1.807) is 43.5 Å². The van der Waals surface area contributed by atoms with Crippen molar-refractivity contribution in [3.05, 3.63) is 59.8 Å². The van der Waals surface area contributed by atoms with Gasteiger partial charge in [-0.25, -0.2) is 13.2 Å². The van der Waals surface area contributed by atoms with Gasteiger partial charge in [-0.2, -0.15) is 0 Å². The molecule has 3 aliphatic rings. The van der Waals surface area contributed by atoms with Gasteiger partial charge >= 0.3 is 5.97 Å². The molecule has 1 fully saturated rings. The Hall–Kier alpha value is -3.30. The van der Waals surface area contributed by atoms with Crippen LogP contribution in [0.15, 0.2) is 53.4 Å². The predicted molar refractivity (Wildman–Crippen MR) is 142 cm³/mol. The number of piperidine rings is 1. The molecule has 0 bridgehead atoms. The van der Waals surface area contributed by atoms with E-state index in [2.05, 4.69) is 22.6 Å². The maximum Gasteiger partial charge on any atom is 0.354 e. The van der Waals surface area contributed by atoms with Crippen LogP contribution >= 0.6 is 0 Å². The Morgan fingerprint density at radius 3 is 2.62 bits per heavy atom. The summed E-state index contributed by atoms with van der Waals surface area (Å²) in [5.41, 5.74) is 3.92. The number of nitrogens with zero attached hydrogens (tertiary/aromatic N) is 2. The number of ether oxygens (including phenoxy) is 2. The van der Waals surface area contributed by atoms with Crippen molar-refractivity contribution in [3.63, 3.8) is 0 Å². The van der Waals surface area contributed by atoms with E-state index in [0.717, 1.165) is 60.9 Å². The molecule has 3 aromatic rings. The number of aromatic nitrogens is 1. The van der Waals surface area contributed by atoms with E-state index in [4.69, 9.17) is 9.47 Å². The molecular formula is C28H31N3O5S. The van der Waals surface area contributed by atoms with Crippen LogP contribution in [0, 0.1) is 5.41 Å². The molecule has 194 valence electrons. The zero-order valence-corrected chi connectivity index (χ0v) is 22.1. The summed E-state index contributed by atoms with van der Waals surface area (Å²) in [5.74, 6) is 0.281. The molecule has 1 saturated heterocycles. The second kappa shape index (κ2) is 8.63. The summed E-state index contributed by atoms with van der Waals surface area (Å²) < 4.78 is 41.8. The van der Waals surface area contributed by atoms with E-state index in [1.165, 1.54) is 7.11 Å². The molecule has 2 atom stereocenters. The first-order valence-electron chi connectivity index (χ1n) is 12.7. The normalized spacial score (nSPS) is 22.8. The number of hydrogen-bond acceptors (Lipinski definition) is 6. The minimum absolute atomic E-state index is 0.147. The number of hydrogen-bond donors (Lipinski definition) is 1. The van der Waals surface area contributed by atoms with Gasteiger partial charge in [0.05, 0.1) is 30.7 Å². The van der Waals surface area contributed by atoms with Crippen molar-refractivity contribution in [2.75, 3.05) is 32.0 Å². The number of methoxy groups -OCH3 is 2. The molecule has 0 aliphatic carbocycles. The second-order valence-corrected chi connectivity index (χ2v) is 11.8. The summed E-state index contributed by atoms with van der Waals surface area (Å²) in [6, 6.07) is 12.1. The predicted octanol–water partition coefficient (Wildman–Crippen LogP) is 4.57. The number of sulfonamides is 1. The molecule has 37 heavy (non-hydrogen) atoms. The second-order valence-electron chi connectivity index (χ2n) is 10.1. The van der Waals surface area contributed by atoms with E-state index >= 15 is 0 Å². The highest BCUT2D eigenvalue weighted by Crippen LogP contribution is 2.57. The Labute approximate surface area is 216 Å². The van der Waals surface area contributed by atoms with Crippen LogP contribution in [-0.2, 0) is 26.0 Å². The molecule has 3 aliphatic heterocycles. The molecule has 0 unspecified atom stereocenters. The highest BCUT2D eigenvalue weighted by atomic mass is 32.2. The van der Waals surface area contributed by atoms with Crippen molar-refractivity contribution in [2.45, 2.75) is 43.5 Å². The summed E-state index contributed by atoms with van der Waals surface area (Å²) in [4.78, 5) is 15.8. The van der Waals surface area contributed by atoms with Gasteiger partial charge in [0.1, 0.15) is 11.4 Å². The third-order valence-electron chi connectivity index (χ3n) is 8.36. The molecule has 8 nitrogen and oxygen atoms in total. The van der Waals surface area contributed by atoms with Crippen molar-refractivity contribution in [1.82, 2.24) is 9.47 Å². The summed E-state index contributed by atoms with van der Waals surface area (Å²) in [7, 11) is -0.852. The maximum absolute atomic E-state index is 13.4. The van der Waals surface area contributed by atoms with Crippen LogP contribution in [0.2, 0.25) is 0 Å². The fourth-order valence-electron chi connectivity index (χ4n) is 6.60. The van der Waals surface area contributed by atoms with Gasteiger partial charge in [-0.3, -0.25) is 9.62 Å². The zero-order chi connectivity index (χ0) is 25.9. The first kappa shape index (κ1) is 24.1. The van der Waals surface area contributed by atoms with E-state index < -0.39 is 10.0 Å². The number of rotatable bonds is 6. The molecular weight excluding hydrogens is 490 g/mol. The quantitative estimate of drug-likeness (QED) is 0.478. The molecule has 2 aromatic carbocycles. The molecule has 1 aromatic heterocycles. The SMILES string of the molecule is CC[C@@]12C=C(C(=O)OC)n3c4c(c5cc(S(=O)(=O)Nc6ccc(OC)cc6)ccc53)CCN(CCC1)[C@H]42. The van der Waals surface area contributed by atoms with Gasteiger partial charge < -0.3 is 14.0 Å². The molecule has 0 amide bonds. The minimum atomic E-state index is -3.83. The fraction of sp³-hybridized carbons (Fsp3) is 0.393. The van der Waals surface area contributed by atoms with Gasteiger partial charge in [0.15, 0.2) is 0 Å². The Kier molecular flexibility index (Phi) is 5.61. The molecule has 0 spiro atoms. The van der Waals surface area contributed by atoms with Crippen molar-refractivity contribution < 1.29 is 22.7 Å². The molecule has 0 radical (unpaired) electrons. The van der Waals surface area contributed by atoms with Crippen LogP contribution < -0.4 is 9.46 Å². The van der Waals surface area contributed by atoms with Crippen molar-refractivity contribution in [2.24, 2.45) is 5.41 Å². The third kappa shape index (κ3) is 3.59. The van der Waals surface area contributed by atoms with E-state index in [1.807, 2.05) is 10.6 Å². The molecule has 4 heterocycles. The average Bonchev–Trinajstić information content (AvgIpc) is 3.26. The number of carbonyl (C=O) groups excluding carboxylic acids is 1. The number of benzene rings is 2. The number of nitrogens with one attached hydrogen (secondary N) is 1. The van der Waals surface area contributed by atoms with E-state index in [-0.39, 0.29) is 22.3 Å². The summed E-state index contributed by atoms with van der Waals surface area (Å²) in [6.07, 6.45) is 5.95. The van der Waals surface area contributed by atoms with Crippen LogP contribution in [0.4, 0.5) is 5.69 Å². The zero-order valence-electron chi connectivity index (χ0n) is 21.3. The average molecular weight is 522 g/mol. The number of fused-ring (bicyclic) bond motifs is 3. The van der Waals surface area contributed by atoms with Crippen molar-refractivity contribution in [3.8, 4) is 5.75 Å². The van der Waals surface area contributed by atoms with E-state index in [9.17, 15) is 13.2 Å². The van der Waals surface area contributed by atoms with Crippen molar-refractivity contribution in [1.29, 1.82) is 0 Å². The highest BCUT2D eigenvalue weighted by Gasteiger charge is 2.51. The lowest BCUT2D eigenvalue weighted by molar-refractivity contribution is -0.134. The Balaban J connectivity index is 1.51. The van der Waals surface area contributed by atoms with Crippen LogP contribution in [0.25, 0.3) is 16.6 Å². The van der Waals surface area contributed by atoms with Crippen molar-refractivity contribution >= 4 is 38.3 Å². The molecule has 0 saturated carbocycles. The minimum Gasteiger partial charge on any atom is -0.497 e. The van der Waals surface area contributed by atoms with Gasteiger partial charge in [-0.05, 0) is 86.3 Å². The summed E-state index contributed by atoms with van der Waals surface area (Å²) in [6.45, 7) is 4.14. The van der Waals surface area contributed by atoms with E-state index in [0.29, 0.717) is 17.1 Å². The lowest BCUT2D eigenvalue weighted by Gasteiger charge is -2.53. The number of esters is 1. The van der Waals surface area contributed by atoms with Gasteiger partial charge in [-0.1, -0.05) is 6.92 Å². The Morgan fingerprint density at radius 1 is 1.14 bits per heavy atom. The van der Waals surface area contributed by atoms with Crippen LogP contribution in [0.5, 0.6) is 5.75 Å². The Morgan fingerprint density at radius 2 is 1.92 bits per heavy atom. The smallest absolute Gasteiger partial charge is 0.354 e. The summed E-state index contributed by atoms with van der Waals surface area (Å²) >= 11 is 0. The van der Waals surface area contributed by atoms with Gasteiger partial charge in [-0.15, -0.1) is 0 Å². The maximum atomic E-state index is 13.4. The lowest BCUT2D eigenvalue weighted by Crippen LogP contribution is -2.51. The summed E-state index contributed by atoms with van der Waals surface area (Å²) in [5, 5.41) is 0.875. The first-order chi connectivity index (χ1) is 17.8. The molecule has 9 heteroatoms. The topological polar surface area (TPSA) is 89.9 Å². The van der Waals surface area contributed by atoms with Crippen LogP contribution in [0.3, 0.4) is 0 Å². The fourth-order valence-corrected chi connectivity index (χ4v) is 7.69. The lowest BCUT2D eigenvalue weighted by atomic mass is 9.66. The molecule has 6 rings (SSSR count). The highest BCUT2D eigenvalue weighted by molar-refractivity contribution is 7.92. The first-order valence-corrected chi connectivity index (χ1v) is 14.2. The molecule has 1 N–H and O–H groups in total. The monoisotopic (exact) mass is 521 g/mol. The largest absolute Gasteiger partial charge is 0.497 e. The van der Waals surface area contributed by atoms with Crippen LogP contribution in [0.1, 0.15) is 43.5 Å². The standard InChI is InChI=1S/C28H31N3O5S/c1-4-28-13-5-14-30-15-12-21-22-16-20(37(33,34)29-18-6-8-19(35-2)9-7-18)10-11-23(22)31(25(21)26(28)30)24(17-28)27(32)36-3/h6-11,16-17,26,29H,4-5,12-15H2,1-3H3/t26-,28+/m1/s1. The van der Waals surface area contributed by atoms with Gasteiger partial charge in [0.2, 0.25) is 0 Å².